The van der Waals surface area contributed by atoms with Gasteiger partial charge in [-0.05, 0) is 330 Å². The molecule has 11 aliphatic rings. The Morgan fingerprint density at radius 2 is 1.07 bits per heavy atom. The molecule has 0 spiro atoms. The van der Waals surface area contributed by atoms with Crippen molar-refractivity contribution in [3.05, 3.63) is 142 Å². The Kier molecular flexibility index (Phi) is 29.1. The summed E-state index contributed by atoms with van der Waals surface area (Å²) >= 11 is 0. The summed E-state index contributed by atoms with van der Waals surface area (Å²) in [5, 5.41) is 8.95. The number of halogens is 2. The van der Waals surface area contributed by atoms with Crippen LogP contribution in [0.4, 0.5) is 18.4 Å². The first kappa shape index (κ1) is 82.0. The lowest BCUT2D eigenvalue weighted by atomic mass is 9.69. The monoisotopic (exact) mass is 1520 g/mol. The van der Waals surface area contributed by atoms with Crippen LogP contribution in [0.5, 0.6) is 23.0 Å². The normalized spacial score (nSPS) is 26.8. The van der Waals surface area contributed by atoms with E-state index in [9.17, 15) is 14.0 Å². The molecule has 2 amide bonds. The van der Waals surface area contributed by atoms with Gasteiger partial charge in [-0.25, -0.2) is 18.4 Å². The SMILES string of the molecule is CCOC(=O)N1C2CCC(N3CCC(c4cc(-c5ccc(CC#N)cc5)ccc4OC)CC3)CC1CC2.CCOC(=O)N1CCC(CN2CCC(F)(c3cc(F)ccc3OC)CC2)CC1.COc1ccc(C2CCN(C3CC4CCC3C4)CC2)c(C)c1.COc1ccccc1C1CCN(C2CCC3CCCCC3C2)CC1. The number of nitriles is 1. The number of rotatable bonds is 17. The lowest BCUT2D eigenvalue weighted by Gasteiger charge is -2.45. The van der Waals surface area contributed by atoms with Crippen LogP contribution in [0, 0.1) is 53.7 Å². The second-order valence-electron chi connectivity index (χ2n) is 34.6. The minimum absolute atomic E-state index is 0.110. The highest BCUT2D eigenvalue weighted by molar-refractivity contribution is 5.69. The van der Waals surface area contributed by atoms with Crippen molar-refractivity contribution in [1.29, 1.82) is 5.26 Å². The third kappa shape index (κ3) is 20.4. The fourth-order valence-corrected chi connectivity index (χ4v) is 22.3. The van der Waals surface area contributed by atoms with Crippen molar-refractivity contribution in [3.63, 3.8) is 0 Å². The van der Waals surface area contributed by atoms with Crippen LogP contribution in [0.2, 0.25) is 0 Å². The molecule has 9 atom stereocenters. The minimum Gasteiger partial charge on any atom is -0.497 e. The largest absolute Gasteiger partial charge is 0.497 e. The van der Waals surface area contributed by atoms with Gasteiger partial charge in [0, 0.05) is 68.5 Å². The van der Waals surface area contributed by atoms with Crippen molar-refractivity contribution in [2.45, 2.75) is 248 Å². The first-order valence-electron chi connectivity index (χ1n) is 43.4. The molecule has 5 aromatic carbocycles. The summed E-state index contributed by atoms with van der Waals surface area (Å²) < 4.78 is 61.6. The number of amides is 2. The Balaban J connectivity index is 0.000000132. The zero-order valence-electron chi connectivity index (χ0n) is 68.3. The number of carbonyl (C=O) groups excluding carboxylic acids is 2. The molecule has 5 aromatic rings. The standard InChI is InChI=1S/C31H39N3O3.C22H33NO.C21H30F2N2O3.C20H29NO/c1-3-37-31(35)34-26-9-11-27(21-28(34)12-10-26)33-18-15-24(16-19-33)29-20-25(8-13-30(29)36-2)23-6-4-22(5-7-23)14-17-32;1-24-22-9-5-4-8-21(22)18-12-14-23(15-13-18)20-11-10-17-6-2-3-7-19(17)16-20;1-3-28-20(26)25-10-6-16(7-11-25)15-24-12-8-21(23,9-13-24)18-14-17(22)4-5-19(18)27-2;1-14-11-18(22-2)5-6-19(14)16-7-9-21(10-8-16)20-13-15-3-4-17(20)12-15/h4-8,13,20,24,26-28H,3,9-12,14-16,18-19,21H2,1-2H3;4-5,8-9,17-20H,2-3,6-7,10-16H2,1H3;4-5,14,16H,3,6-13,15H2,1-2H3;5-6,11,15-17,20H,3-4,7-10,12-13H2,1-2H3. The molecule has 111 heavy (non-hydrogen) atoms. The fraction of sp³-hybridized carbons (Fsp3) is 0.649. The molecule has 7 aliphatic heterocycles. The smallest absolute Gasteiger partial charge is 0.410 e. The summed E-state index contributed by atoms with van der Waals surface area (Å²) in [5.41, 5.74) is 7.85. The maximum absolute atomic E-state index is 15.6. The van der Waals surface area contributed by atoms with Crippen LogP contribution in [0.1, 0.15) is 232 Å². The van der Waals surface area contributed by atoms with E-state index in [-0.39, 0.29) is 12.2 Å². The van der Waals surface area contributed by atoms with Crippen LogP contribution in [0.25, 0.3) is 11.1 Å². The van der Waals surface area contributed by atoms with Crippen LogP contribution in [0.15, 0.2) is 103 Å². The van der Waals surface area contributed by atoms with Gasteiger partial charge in [-0.1, -0.05) is 86.7 Å². The highest BCUT2D eigenvalue weighted by Gasteiger charge is 2.46. The highest BCUT2D eigenvalue weighted by Crippen LogP contribution is 2.50. The van der Waals surface area contributed by atoms with Gasteiger partial charge in [-0.3, -0.25) is 0 Å². The number of likely N-dealkylation sites (tertiary alicyclic amines) is 5. The lowest BCUT2D eigenvalue weighted by Crippen LogP contribution is -2.45. The predicted molar refractivity (Wildman–Crippen MR) is 437 cm³/mol. The molecule has 0 aromatic heterocycles. The predicted octanol–water partition coefficient (Wildman–Crippen LogP) is 19.7. The number of nitrogens with zero attached hydrogens (tertiary/aromatic N) is 7. The van der Waals surface area contributed by atoms with Gasteiger partial charge < -0.3 is 57.8 Å². The van der Waals surface area contributed by atoms with E-state index in [1.165, 1.54) is 182 Å². The Morgan fingerprint density at radius 1 is 0.495 bits per heavy atom. The first-order valence-corrected chi connectivity index (χ1v) is 43.4. The maximum Gasteiger partial charge on any atom is 0.410 e. The number of ether oxygens (including phenoxy) is 6. The van der Waals surface area contributed by atoms with Crippen molar-refractivity contribution in [3.8, 4) is 40.2 Å². The number of aryl methyl sites for hydroxylation is 1. The van der Waals surface area contributed by atoms with Gasteiger partial charge in [0.15, 0.2) is 0 Å². The second-order valence-corrected chi connectivity index (χ2v) is 34.6. The number of methoxy groups -OCH3 is 4. The number of benzene rings is 5. The molecule has 4 saturated carbocycles. The molecule has 604 valence electrons. The summed E-state index contributed by atoms with van der Waals surface area (Å²) in [6.07, 6.45) is 32.2. The fourth-order valence-electron chi connectivity index (χ4n) is 22.3. The molecule has 17 heteroatoms. The van der Waals surface area contributed by atoms with Crippen molar-refractivity contribution in [2.75, 3.05) is 114 Å². The average molecular weight is 1530 g/mol. The third-order valence-corrected chi connectivity index (χ3v) is 28.5. The molecule has 15 nitrogen and oxygen atoms in total. The number of fused-ring (bicyclic) bond motifs is 5. The zero-order chi connectivity index (χ0) is 77.4. The van der Waals surface area contributed by atoms with Gasteiger partial charge in [-0.15, -0.1) is 0 Å². The minimum atomic E-state index is -1.56. The summed E-state index contributed by atoms with van der Waals surface area (Å²) in [6, 6.07) is 39.4. The van der Waals surface area contributed by atoms with E-state index in [0.29, 0.717) is 106 Å². The quantitative estimate of drug-likeness (QED) is 0.0875. The molecule has 16 rings (SSSR count). The van der Waals surface area contributed by atoms with Gasteiger partial charge >= 0.3 is 12.2 Å². The van der Waals surface area contributed by atoms with E-state index in [1.807, 2.05) is 26.0 Å². The Hall–Kier alpha value is -6.97. The van der Waals surface area contributed by atoms with Crippen LogP contribution in [-0.2, 0) is 21.6 Å². The maximum atomic E-state index is 15.6. The highest BCUT2D eigenvalue weighted by atomic mass is 19.1. The van der Waals surface area contributed by atoms with Crippen LogP contribution in [0.3, 0.4) is 0 Å². The molecule has 7 heterocycles. The van der Waals surface area contributed by atoms with Gasteiger partial charge in [0.2, 0.25) is 0 Å². The Morgan fingerprint density at radius 3 is 1.70 bits per heavy atom. The zero-order valence-corrected chi connectivity index (χ0v) is 68.3. The second kappa shape index (κ2) is 39.4. The van der Waals surface area contributed by atoms with Crippen LogP contribution < -0.4 is 18.9 Å². The molecular weight excluding hydrogens is 1390 g/mol. The van der Waals surface area contributed by atoms with Crippen molar-refractivity contribution in [1.82, 2.24) is 29.4 Å². The Labute approximate surface area is 663 Å². The van der Waals surface area contributed by atoms with E-state index in [2.05, 4.69) is 110 Å². The van der Waals surface area contributed by atoms with E-state index in [1.54, 1.807) is 31.8 Å². The number of piperidine rings is 5. The molecule has 4 aliphatic carbocycles. The molecular formula is C94H131F2N7O8. The number of alkyl halides is 1. The third-order valence-electron chi connectivity index (χ3n) is 28.5. The Bertz CT molecular complexity index is 3810. The molecule has 7 saturated heterocycles. The van der Waals surface area contributed by atoms with Gasteiger partial charge in [0.25, 0.3) is 0 Å². The van der Waals surface area contributed by atoms with Crippen molar-refractivity contribution < 1.29 is 46.8 Å². The lowest BCUT2D eigenvalue weighted by molar-refractivity contribution is 0.0384. The van der Waals surface area contributed by atoms with Crippen molar-refractivity contribution in [2.24, 2.45) is 29.6 Å². The van der Waals surface area contributed by atoms with E-state index >= 15 is 4.39 Å². The number of carbonyl (C=O) groups is 2. The molecule has 0 N–H and O–H groups in total. The van der Waals surface area contributed by atoms with E-state index in [0.717, 1.165) is 135 Å². The van der Waals surface area contributed by atoms with E-state index in [4.69, 9.17) is 33.7 Å². The first-order chi connectivity index (χ1) is 54.1. The summed E-state index contributed by atoms with van der Waals surface area (Å²) in [6.45, 7) is 17.7. The number of hydrogen-bond acceptors (Lipinski definition) is 13. The van der Waals surface area contributed by atoms with Crippen LogP contribution in [-0.4, -0.2) is 185 Å². The molecule has 0 radical (unpaired) electrons. The molecule has 9 unspecified atom stereocenters. The number of para-hydroxylation sites is 1. The number of hydrogen-bond donors (Lipinski definition) is 0. The van der Waals surface area contributed by atoms with Gasteiger partial charge in [-0.2, -0.15) is 5.26 Å². The van der Waals surface area contributed by atoms with Gasteiger partial charge in [0.05, 0.1) is 54.1 Å². The average Bonchev–Trinajstić information content (AvgIpc) is 1.70. The molecule has 11 fully saturated rings. The summed E-state index contributed by atoms with van der Waals surface area (Å²) in [5.74, 6) is 9.63. The van der Waals surface area contributed by atoms with Crippen LogP contribution >= 0.6 is 0 Å². The van der Waals surface area contributed by atoms with Gasteiger partial charge in [0.1, 0.15) is 34.5 Å². The molecule has 4 bridgehead atoms. The van der Waals surface area contributed by atoms with Crippen molar-refractivity contribution >= 4 is 12.2 Å². The summed E-state index contributed by atoms with van der Waals surface area (Å²) in [7, 11) is 6.80. The van der Waals surface area contributed by atoms with E-state index < -0.39 is 11.5 Å². The topological polar surface area (TPSA) is 133 Å². The summed E-state index contributed by atoms with van der Waals surface area (Å²) in [4.78, 5) is 38.9.